The summed E-state index contributed by atoms with van der Waals surface area (Å²) in [6.07, 6.45) is 10.6. The lowest BCUT2D eigenvalue weighted by atomic mass is 9.96. The standard InChI is InChI=1S/C55H105NO18/c1-3-5-7-8-9-10-11-12-13-14-15-16-17-18-19-20-21-22-23-24-25-26-27-28-29-31-33-43(61)56-38(39(60)32-30-6-4-2)37-69-53-49(67)46(64)51(41(35-58)71-53)74-55-50(68)47(65)52(42(36-59)72-55)73-54-48(66)45(63)44(62)40(34-57)70-54/h38-42,44-55,57-60,62-68H,3-37H2,1-2H3,(H,56,61). The van der Waals surface area contributed by atoms with Crippen molar-refractivity contribution in [2.45, 2.75) is 317 Å². The fourth-order valence-corrected chi connectivity index (χ4v) is 10.3. The van der Waals surface area contributed by atoms with Crippen molar-refractivity contribution in [3.05, 3.63) is 0 Å². The van der Waals surface area contributed by atoms with Gasteiger partial charge in [0.2, 0.25) is 5.91 Å². The van der Waals surface area contributed by atoms with Crippen LogP contribution in [0, 0.1) is 0 Å². The van der Waals surface area contributed by atoms with Crippen LogP contribution < -0.4 is 5.32 Å². The van der Waals surface area contributed by atoms with Crippen LogP contribution in [0.2, 0.25) is 0 Å². The molecule has 0 aliphatic carbocycles. The maximum Gasteiger partial charge on any atom is 0.220 e. The van der Waals surface area contributed by atoms with Gasteiger partial charge in [0.05, 0.1) is 38.6 Å². The van der Waals surface area contributed by atoms with Gasteiger partial charge in [-0.05, 0) is 12.8 Å². The lowest BCUT2D eigenvalue weighted by Gasteiger charge is -2.48. The smallest absolute Gasteiger partial charge is 0.220 e. The predicted molar refractivity (Wildman–Crippen MR) is 277 cm³/mol. The topological polar surface area (TPSA) is 307 Å². The van der Waals surface area contributed by atoms with Crippen LogP contribution in [0.5, 0.6) is 0 Å². The molecule has 0 aromatic heterocycles. The number of carbonyl (C=O) groups excluding carboxylic acids is 1. The number of carbonyl (C=O) groups is 1. The van der Waals surface area contributed by atoms with Crippen LogP contribution in [0.15, 0.2) is 0 Å². The highest BCUT2D eigenvalue weighted by molar-refractivity contribution is 5.76. The van der Waals surface area contributed by atoms with Crippen LogP contribution in [0.3, 0.4) is 0 Å². The Balaban J connectivity index is 1.32. The van der Waals surface area contributed by atoms with Gasteiger partial charge in [-0.25, -0.2) is 0 Å². The van der Waals surface area contributed by atoms with E-state index < -0.39 is 124 Å². The van der Waals surface area contributed by atoms with E-state index in [1.54, 1.807) is 0 Å². The number of rotatable bonds is 43. The molecule has 3 aliphatic rings. The molecule has 3 heterocycles. The van der Waals surface area contributed by atoms with E-state index in [1.807, 2.05) is 6.92 Å². The molecule has 0 bridgehead atoms. The van der Waals surface area contributed by atoms with Gasteiger partial charge >= 0.3 is 0 Å². The number of unbranched alkanes of at least 4 members (excludes halogenated alkanes) is 27. The summed E-state index contributed by atoms with van der Waals surface area (Å²) in [5.74, 6) is -0.250. The predicted octanol–water partition coefficient (Wildman–Crippen LogP) is 4.43. The SMILES string of the molecule is CCCCCCCCCCCCCCCCCCCCCCCCCCCCC(=O)NC(COC1OC(CO)C(OC2OC(CO)C(OC3OC(CO)C(O)C(O)C3O)C(O)C2O)C(O)C1O)C(O)CCCCC. The van der Waals surface area contributed by atoms with Gasteiger partial charge in [-0.15, -0.1) is 0 Å². The van der Waals surface area contributed by atoms with E-state index in [-0.39, 0.29) is 18.9 Å². The molecule has 3 fully saturated rings. The summed E-state index contributed by atoms with van der Waals surface area (Å²) in [7, 11) is 0. The highest BCUT2D eigenvalue weighted by Crippen LogP contribution is 2.33. The fourth-order valence-electron chi connectivity index (χ4n) is 10.3. The molecule has 0 saturated carbocycles. The Bertz CT molecular complexity index is 1370. The van der Waals surface area contributed by atoms with Gasteiger partial charge < -0.3 is 89.9 Å². The summed E-state index contributed by atoms with van der Waals surface area (Å²) in [6, 6.07) is -0.876. The van der Waals surface area contributed by atoms with E-state index in [2.05, 4.69) is 12.2 Å². The van der Waals surface area contributed by atoms with E-state index in [9.17, 15) is 61.0 Å². The van der Waals surface area contributed by atoms with Crippen molar-refractivity contribution in [2.24, 2.45) is 0 Å². The number of nitrogens with one attached hydrogen (secondary N) is 1. The van der Waals surface area contributed by atoms with Gasteiger partial charge in [-0.2, -0.15) is 0 Å². The van der Waals surface area contributed by atoms with Crippen LogP contribution in [0.1, 0.15) is 213 Å². The first-order valence-electron chi connectivity index (χ1n) is 29.3. The van der Waals surface area contributed by atoms with Crippen LogP contribution in [-0.4, -0.2) is 193 Å². The van der Waals surface area contributed by atoms with Crippen molar-refractivity contribution in [2.75, 3.05) is 26.4 Å². The molecule has 17 unspecified atom stereocenters. The van der Waals surface area contributed by atoms with Crippen molar-refractivity contribution in [3.8, 4) is 0 Å². The van der Waals surface area contributed by atoms with Crippen molar-refractivity contribution in [1.82, 2.24) is 5.32 Å². The average Bonchev–Trinajstić information content (AvgIpc) is 3.39. The number of aliphatic hydroxyl groups is 11. The van der Waals surface area contributed by atoms with Gasteiger partial charge in [0.1, 0.15) is 73.2 Å². The van der Waals surface area contributed by atoms with Crippen molar-refractivity contribution in [1.29, 1.82) is 0 Å². The number of amides is 1. The first-order valence-corrected chi connectivity index (χ1v) is 29.3. The molecule has 17 atom stereocenters. The quantitative estimate of drug-likeness (QED) is 0.0376. The average molecular weight is 1070 g/mol. The number of hydrogen-bond donors (Lipinski definition) is 12. The van der Waals surface area contributed by atoms with Crippen LogP contribution >= 0.6 is 0 Å². The first-order chi connectivity index (χ1) is 35.8. The van der Waals surface area contributed by atoms with E-state index in [0.717, 1.165) is 32.1 Å². The molecule has 74 heavy (non-hydrogen) atoms. The molecule has 0 aromatic rings. The van der Waals surface area contributed by atoms with E-state index in [0.29, 0.717) is 19.3 Å². The fraction of sp³-hybridized carbons (Fsp3) is 0.982. The molecular weight excluding hydrogens is 963 g/mol. The lowest BCUT2D eigenvalue weighted by Crippen LogP contribution is -2.66. The Morgan fingerprint density at radius 3 is 1.18 bits per heavy atom. The number of hydrogen-bond acceptors (Lipinski definition) is 18. The molecule has 19 heteroatoms. The minimum atomic E-state index is -1.97. The molecule has 0 radical (unpaired) electrons. The molecule has 3 rings (SSSR count). The molecule has 19 nitrogen and oxygen atoms in total. The van der Waals surface area contributed by atoms with Crippen molar-refractivity contribution < 1.29 is 89.4 Å². The first kappa shape index (κ1) is 67.1. The number of aliphatic hydroxyl groups excluding tert-OH is 11. The van der Waals surface area contributed by atoms with E-state index in [1.165, 1.54) is 141 Å². The summed E-state index contributed by atoms with van der Waals surface area (Å²) in [4.78, 5) is 13.1. The van der Waals surface area contributed by atoms with Gasteiger partial charge in [-0.1, -0.05) is 194 Å². The monoisotopic (exact) mass is 1070 g/mol. The Hall–Kier alpha value is -1.21. The van der Waals surface area contributed by atoms with E-state index in [4.69, 9.17) is 28.4 Å². The van der Waals surface area contributed by atoms with Crippen molar-refractivity contribution in [3.63, 3.8) is 0 Å². The van der Waals surface area contributed by atoms with Gasteiger partial charge in [-0.3, -0.25) is 4.79 Å². The highest BCUT2D eigenvalue weighted by atomic mass is 16.8. The Morgan fingerprint density at radius 2 is 0.770 bits per heavy atom. The Kier molecular flexibility index (Phi) is 36.3. The molecule has 0 spiro atoms. The van der Waals surface area contributed by atoms with Gasteiger partial charge in [0.15, 0.2) is 18.9 Å². The summed E-state index contributed by atoms with van der Waals surface area (Å²) < 4.78 is 34.0. The van der Waals surface area contributed by atoms with Crippen LogP contribution in [0.25, 0.3) is 0 Å². The van der Waals surface area contributed by atoms with Crippen LogP contribution in [-0.2, 0) is 33.2 Å². The third kappa shape index (κ3) is 24.4. The van der Waals surface area contributed by atoms with Crippen molar-refractivity contribution >= 4 is 5.91 Å². The zero-order valence-electron chi connectivity index (χ0n) is 45.3. The minimum absolute atomic E-state index is 0.250. The zero-order chi connectivity index (χ0) is 54.1. The molecule has 3 aliphatic heterocycles. The third-order valence-corrected chi connectivity index (χ3v) is 15.2. The van der Waals surface area contributed by atoms with E-state index >= 15 is 0 Å². The highest BCUT2D eigenvalue weighted by Gasteiger charge is 2.53. The summed E-state index contributed by atoms with van der Waals surface area (Å²) in [5.41, 5.74) is 0. The molecule has 0 aromatic carbocycles. The van der Waals surface area contributed by atoms with Gasteiger partial charge in [0.25, 0.3) is 0 Å². The second-order valence-electron chi connectivity index (χ2n) is 21.5. The normalized spacial score (nSPS) is 31.4. The second kappa shape index (κ2) is 40.0. The summed E-state index contributed by atoms with van der Waals surface area (Å²) in [5, 5.41) is 119. The molecule has 1 amide bonds. The summed E-state index contributed by atoms with van der Waals surface area (Å²) in [6.45, 7) is 1.61. The Labute approximate surface area is 443 Å². The Morgan fingerprint density at radius 1 is 0.432 bits per heavy atom. The molecule has 3 saturated heterocycles. The van der Waals surface area contributed by atoms with Crippen LogP contribution in [0.4, 0.5) is 0 Å². The lowest BCUT2D eigenvalue weighted by molar-refractivity contribution is -0.379. The maximum absolute atomic E-state index is 13.1. The molecular formula is C55H105NO18. The number of ether oxygens (including phenoxy) is 6. The second-order valence-corrected chi connectivity index (χ2v) is 21.5. The summed E-state index contributed by atoms with van der Waals surface area (Å²) >= 11 is 0. The largest absolute Gasteiger partial charge is 0.394 e. The van der Waals surface area contributed by atoms with Gasteiger partial charge in [0, 0.05) is 6.42 Å². The minimum Gasteiger partial charge on any atom is -0.394 e. The maximum atomic E-state index is 13.1. The third-order valence-electron chi connectivity index (χ3n) is 15.2. The molecule has 438 valence electrons. The molecule has 12 N–H and O–H groups in total. The zero-order valence-corrected chi connectivity index (χ0v) is 45.3.